The molecule has 0 radical (unpaired) electrons. The van der Waals surface area contributed by atoms with Crippen LogP contribution in [0, 0.1) is 35.5 Å². The Balaban J connectivity index is 1.47. The summed E-state index contributed by atoms with van der Waals surface area (Å²) in [6.07, 6.45) is 6.99. The molecule has 2 bridgehead atoms. The van der Waals surface area contributed by atoms with E-state index < -0.39 is 0 Å². The number of carbonyl (C=O) groups excluding carboxylic acids is 2. The van der Waals surface area contributed by atoms with Gasteiger partial charge in [0.1, 0.15) is 0 Å². The summed E-state index contributed by atoms with van der Waals surface area (Å²) in [5, 5.41) is 5.81. The van der Waals surface area contributed by atoms with Crippen molar-refractivity contribution >= 4 is 29.6 Å². The zero-order valence-electron chi connectivity index (χ0n) is 12.3. The van der Waals surface area contributed by atoms with Crippen LogP contribution in [0.2, 0.25) is 5.02 Å². The molecule has 6 atom stereocenters. The number of rotatable bonds is 2. The third-order valence-electron chi connectivity index (χ3n) is 5.86. The Morgan fingerprint density at radius 2 is 1.65 bits per heavy atom. The molecule has 4 nitrogen and oxygen atoms in total. The number of hydrogen-bond acceptors (Lipinski definition) is 3. The molecule has 5 aliphatic rings. The maximum Gasteiger partial charge on any atom is 0.254 e. The second-order valence-corrected chi connectivity index (χ2v) is 7.32. The molecule has 1 aromatic carbocycles. The molecule has 3 fully saturated rings. The van der Waals surface area contributed by atoms with Crippen LogP contribution in [0.25, 0.3) is 0 Å². The summed E-state index contributed by atoms with van der Waals surface area (Å²) in [6.45, 7) is 0. The number of allylic oxidation sites excluding steroid dienone is 2. The van der Waals surface area contributed by atoms with E-state index in [9.17, 15) is 9.59 Å². The molecular formula is C18H15ClN2O2. The molecule has 4 aliphatic carbocycles. The fraction of sp³-hybridized carbons (Fsp3) is 0.389. The summed E-state index contributed by atoms with van der Waals surface area (Å²) < 4.78 is 0. The van der Waals surface area contributed by atoms with Crippen molar-refractivity contribution in [2.24, 2.45) is 40.6 Å². The quantitative estimate of drug-likeness (QED) is 0.476. The zero-order valence-corrected chi connectivity index (χ0v) is 13.1. The fourth-order valence-electron chi connectivity index (χ4n) is 4.75. The van der Waals surface area contributed by atoms with E-state index in [1.54, 1.807) is 6.07 Å². The molecule has 0 unspecified atom stereocenters. The Morgan fingerprint density at radius 3 is 2.26 bits per heavy atom. The topological polar surface area (TPSA) is 49.7 Å². The van der Waals surface area contributed by atoms with E-state index in [-0.39, 0.29) is 35.5 Å². The van der Waals surface area contributed by atoms with Crippen molar-refractivity contribution in [2.75, 3.05) is 0 Å². The summed E-state index contributed by atoms with van der Waals surface area (Å²) in [5.41, 5.74) is 0.702. The SMILES string of the molecule is O=C1[C@@H]2[C@@H]3C=C[C@H]([C@H]4C[C@@H]34)[C@@H]2C(=O)N1/N=C\c1ccccc1Cl. The summed E-state index contributed by atoms with van der Waals surface area (Å²) in [7, 11) is 0. The van der Waals surface area contributed by atoms with Crippen LogP contribution in [0.15, 0.2) is 41.5 Å². The first-order valence-electron chi connectivity index (χ1n) is 8.01. The highest BCUT2D eigenvalue weighted by molar-refractivity contribution is 6.33. The second-order valence-electron chi connectivity index (χ2n) is 6.91. The second kappa shape index (κ2) is 4.54. The standard InChI is InChI=1S/C18H15ClN2O2/c19-14-4-2-1-3-9(14)8-20-21-17(22)15-10-5-6-11(13-7-12(10)13)16(15)18(21)23/h1-6,8,10-13,15-16H,7H2/b20-8-/t10-,11-,12-,13+,15+,16-/m1/s1. The Morgan fingerprint density at radius 1 is 1.04 bits per heavy atom. The lowest BCUT2D eigenvalue weighted by molar-refractivity contribution is -0.140. The van der Waals surface area contributed by atoms with Gasteiger partial charge in [-0.15, -0.1) is 0 Å². The largest absolute Gasteiger partial charge is 0.272 e. The molecule has 116 valence electrons. The summed E-state index contributed by atoms with van der Waals surface area (Å²) >= 11 is 6.10. The predicted molar refractivity (Wildman–Crippen MR) is 85.6 cm³/mol. The molecule has 0 aromatic heterocycles. The van der Waals surface area contributed by atoms with Crippen LogP contribution in [0.4, 0.5) is 0 Å². The third-order valence-corrected chi connectivity index (χ3v) is 6.20. The van der Waals surface area contributed by atoms with Gasteiger partial charge in [0.15, 0.2) is 0 Å². The van der Waals surface area contributed by atoms with E-state index in [1.807, 2.05) is 18.2 Å². The van der Waals surface area contributed by atoms with Gasteiger partial charge in [-0.3, -0.25) is 9.59 Å². The highest BCUT2D eigenvalue weighted by Gasteiger charge is 2.67. The van der Waals surface area contributed by atoms with Gasteiger partial charge in [0.05, 0.1) is 18.1 Å². The predicted octanol–water partition coefficient (Wildman–Crippen LogP) is 2.73. The van der Waals surface area contributed by atoms with Gasteiger partial charge in [0.25, 0.3) is 11.8 Å². The first-order valence-corrected chi connectivity index (χ1v) is 8.39. The number of carbonyl (C=O) groups is 2. The van der Waals surface area contributed by atoms with Crippen molar-refractivity contribution in [3.8, 4) is 0 Å². The number of hydrazone groups is 1. The van der Waals surface area contributed by atoms with Crippen molar-refractivity contribution in [1.29, 1.82) is 0 Å². The Kier molecular flexibility index (Phi) is 2.66. The molecule has 1 aromatic rings. The van der Waals surface area contributed by atoms with Crippen molar-refractivity contribution in [1.82, 2.24) is 5.01 Å². The lowest BCUT2D eigenvalue weighted by atomic mass is 9.63. The van der Waals surface area contributed by atoms with E-state index in [4.69, 9.17) is 11.6 Å². The molecule has 2 saturated carbocycles. The molecule has 1 aliphatic heterocycles. The zero-order chi connectivity index (χ0) is 15.7. The Labute approximate surface area is 138 Å². The van der Waals surface area contributed by atoms with Gasteiger partial charge >= 0.3 is 0 Å². The number of imide groups is 1. The van der Waals surface area contributed by atoms with Crippen LogP contribution in [-0.4, -0.2) is 23.0 Å². The molecule has 2 amide bonds. The fourth-order valence-corrected chi connectivity index (χ4v) is 4.94. The summed E-state index contributed by atoms with van der Waals surface area (Å²) in [5.74, 6) is 0.972. The minimum Gasteiger partial charge on any atom is -0.272 e. The Bertz CT molecular complexity index is 751. The van der Waals surface area contributed by atoms with Gasteiger partial charge in [-0.1, -0.05) is 42.0 Å². The lowest BCUT2D eigenvalue weighted by Gasteiger charge is -2.37. The monoisotopic (exact) mass is 326 g/mol. The van der Waals surface area contributed by atoms with Gasteiger partial charge in [0, 0.05) is 10.6 Å². The molecule has 6 rings (SSSR count). The number of amides is 2. The molecule has 0 N–H and O–H groups in total. The van der Waals surface area contributed by atoms with Crippen LogP contribution >= 0.6 is 11.6 Å². The highest BCUT2D eigenvalue weighted by atomic mass is 35.5. The van der Waals surface area contributed by atoms with E-state index in [0.717, 1.165) is 5.01 Å². The average molecular weight is 327 g/mol. The molecule has 5 heteroatoms. The van der Waals surface area contributed by atoms with Crippen molar-refractivity contribution in [3.63, 3.8) is 0 Å². The number of hydrogen-bond donors (Lipinski definition) is 0. The number of nitrogens with zero attached hydrogens (tertiary/aromatic N) is 2. The van der Waals surface area contributed by atoms with Crippen molar-refractivity contribution < 1.29 is 9.59 Å². The van der Waals surface area contributed by atoms with E-state index in [0.29, 0.717) is 22.4 Å². The van der Waals surface area contributed by atoms with Crippen LogP contribution < -0.4 is 0 Å². The first kappa shape index (κ1) is 13.5. The van der Waals surface area contributed by atoms with E-state index >= 15 is 0 Å². The third kappa shape index (κ3) is 1.75. The van der Waals surface area contributed by atoms with Crippen LogP contribution in [-0.2, 0) is 9.59 Å². The summed E-state index contributed by atoms with van der Waals surface area (Å²) in [6, 6.07) is 7.24. The van der Waals surface area contributed by atoms with E-state index in [1.165, 1.54) is 12.6 Å². The van der Waals surface area contributed by atoms with Crippen LogP contribution in [0.1, 0.15) is 12.0 Å². The van der Waals surface area contributed by atoms with Gasteiger partial charge in [-0.2, -0.15) is 10.1 Å². The maximum atomic E-state index is 12.7. The molecular weight excluding hydrogens is 312 g/mol. The van der Waals surface area contributed by atoms with Gasteiger partial charge in [-0.05, 0) is 36.2 Å². The molecule has 23 heavy (non-hydrogen) atoms. The maximum absolute atomic E-state index is 12.7. The lowest BCUT2D eigenvalue weighted by Crippen LogP contribution is -2.40. The molecule has 0 spiro atoms. The first-order chi connectivity index (χ1) is 11.2. The highest BCUT2D eigenvalue weighted by Crippen LogP contribution is 2.65. The number of benzene rings is 1. The average Bonchev–Trinajstić information content (AvgIpc) is 3.33. The number of halogens is 1. The van der Waals surface area contributed by atoms with Gasteiger partial charge < -0.3 is 0 Å². The minimum atomic E-state index is -0.204. The molecule has 1 saturated heterocycles. The van der Waals surface area contributed by atoms with Gasteiger partial charge in [0.2, 0.25) is 0 Å². The molecule has 1 heterocycles. The van der Waals surface area contributed by atoms with Crippen LogP contribution in [0.5, 0.6) is 0 Å². The summed E-state index contributed by atoms with van der Waals surface area (Å²) in [4.78, 5) is 25.5. The van der Waals surface area contributed by atoms with Crippen molar-refractivity contribution in [2.45, 2.75) is 6.42 Å². The normalized spacial score (nSPS) is 40.0. The van der Waals surface area contributed by atoms with E-state index in [2.05, 4.69) is 17.3 Å². The Hall–Kier alpha value is -1.94. The van der Waals surface area contributed by atoms with Crippen LogP contribution in [0.3, 0.4) is 0 Å². The smallest absolute Gasteiger partial charge is 0.254 e. The minimum absolute atomic E-state index is 0.145. The van der Waals surface area contributed by atoms with Crippen molar-refractivity contribution in [3.05, 3.63) is 47.0 Å². The van der Waals surface area contributed by atoms with Gasteiger partial charge in [-0.25, -0.2) is 0 Å².